The number of ether oxygens (including phenoxy) is 2. The van der Waals surface area contributed by atoms with Crippen molar-refractivity contribution in [1.29, 1.82) is 0 Å². The van der Waals surface area contributed by atoms with Crippen molar-refractivity contribution in [3.8, 4) is 17.2 Å². The molecule has 1 fully saturated rings. The number of methoxy groups -OCH3 is 2. The van der Waals surface area contributed by atoms with Crippen LogP contribution in [0.15, 0.2) is 42.5 Å². The first-order chi connectivity index (χ1) is 16.5. The van der Waals surface area contributed by atoms with Gasteiger partial charge in [0.15, 0.2) is 10.8 Å². The summed E-state index contributed by atoms with van der Waals surface area (Å²) in [4.78, 5) is 22.0. The Morgan fingerprint density at radius 2 is 1.65 bits per heavy atom. The topological polar surface area (TPSA) is 72.7 Å². The van der Waals surface area contributed by atoms with Crippen LogP contribution in [0.25, 0.3) is 16.0 Å². The van der Waals surface area contributed by atoms with E-state index in [9.17, 15) is 9.18 Å². The Labute approximate surface area is 200 Å². The second kappa shape index (κ2) is 8.94. The maximum absolute atomic E-state index is 13.4. The van der Waals surface area contributed by atoms with Gasteiger partial charge >= 0.3 is 0 Å². The highest BCUT2D eigenvalue weighted by Crippen LogP contribution is 2.33. The number of piperazine rings is 1. The standard InChI is InChI=1S/C24H24FN5O3S/c1-15-21-22(30(27-15)18-6-4-17(25)5-7-18)26-24(34-21)29-10-8-28(9-11-29)23(31)16-12-19(32-2)14-20(13-16)33-3/h4-7,12-14H,8-11H2,1-3H3. The number of aryl methyl sites for hydroxylation is 1. The fourth-order valence-corrected chi connectivity index (χ4v) is 5.07. The fraction of sp³-hybridized carbons (Fsp3) is 0.292. The molecule has 0 saturated carbocycles. The van der Waals surface area contributed by atoms with E-state index in [1.165, 1.54) is 12.1 Å². The summed E-state index contributed by atoms with van der Waals surface area (Å²) in [5.41, 5.74) is 2.94. The van der Waals surface area contributed by atoms with Gasteiger partial charge in [-0.05, 0) is 43.3 Å². The second-order valence-corrected chi connectivity index (χ2v) is 8.98. The van der Waals surface area contributed by atoms with Crippen LogP contribution in [0.3, 0.4) is 0 Å². The number of carbonyl (C=O) groups is 1. The summed E-state index contributed by atoms with van der Waals surface area (Å²) in [5, 5.41) is 5.47. The zero-order valence-electron chi connectivity index (χ0n) is 19.1. The van der Waals surface area contributed by atoms with Crippen molar-refractivity contribution in [2.24, 2.45) is 0 Å². The molecule has 4 aromatic rings. The molecule has 3 heterocycles. The minimum absolute atomic E-state index is 0.0519. The van der Waals surface area contributed by atoms with E-state index in [1.807, 2.05) is 11.8 Å². The van der Waals surface area contributed by atoms with Gasteiger partial charge in [-0.15, -0.1) is 0 Å². The van der Waals surface area contributed by atoms with Crippen LogP contribution in [0.4, 0.5) is 9.52 Å². The Morgan fingerprint density at radius 3 is 2.26 bits per heavy atom. The molecule has 34 heavy (non-hydrogen) atoms. The Hall–Kier alpha value is -3.66. The molecule has 1 aliphatic rings. The molecule has 0 unspecified atom stereocenters. The average molecular weight is 482 g/mol. The van der Waals surface area contributed by atoms with Crippen LogP contribution in [-0.2, 0) is 0 Å². The molecular formula is C24H24FN5O3S. The summed E-state index contributed by atoms with van der Waals surface area (Å²) in [7, 11) is 3.13. The summed E-state index contributed by atoms with van der Waals surface area (Å²) >= 11 is 1.59. The number of benzene rings is 2. The number of fused-ring (bicyclic) bond motifs is 1. The van der Waals surface area contributed by atoms with Crippen molar-refractivity contribution in [2.75, 3.05) is 45.3 Å². The van der Waals surface area contributed by atoms with Gasteiger partial charge in [0.1, 0.15) is 17.3 Å². The number of aromatic nitrogens is 3. The van der Waals surface area contributed by atoms with Gasteiger partial charge in [0.25, 0.3) is 5.91 Å². The lowest BCUT2D eigenvalue weighted by molar-refractivity contribution is 0.0746. The molecule has 1 amide bonds. The SMILES string of the molecule is COc1cc(OC)cc(C(=O)N2CCN(c3nc4c(s3)c(C)nn4-c3ccc(F)cc3)CC2)c1. The van der Waals surface area contributed by atoms with Gasteiger partial charge in [-0.25, -0.2) is 9.07 Å². The predicted molar refractivity (Wildman–Crippen MR) is 129 cm³/mol. The van der Waals surface area contributed by atoms with E-state index in [4.69, 9.17) is 14.5 Å². The van der Waals surface area contributed by atoms with Crippen molar-refractivity contribution in [2.45, 2.75) is 6.92 Å². The third-order valence-corrected chi connectivity index (χ3v) is 7.10. The number of hydrogen-bond donors (Lipinski definition) is 0. The molecule has 0 aliphatic carbocycles. The molecule has 1 aliphatic heterocycles. The molecule has 176 valence electrons. The molecule has 0 N–H and O–H groups in total. The largest absolute Gasteiger partial charge is 0.497 e. The van der Waals surface area contributed by atoms with E-state index in [1.54, 1.807) is 60.6 Å². The molecule has 8 nitrogen and oxygen atoms in total. The van der Waals surface area contributed by atoms with E-state index in [0.717, 1.165) is 26.9 Å². The van der Waals surface area contributed by atoms with E-state index < -0.39 is 0 Å². The smallest absolute Gasteiger partial charge is 0.254 e. The normalized spacial score (nSPS) is 14.0. The van der Waals surface area contributed by atoms with Gasteiger partial charge in [-0.2, -0.15) is 10.1 Å². The molecule has 0 bridgehead atoms. The minimum atomic E-state index is -0.289. The highest BCUT2D eigenvalue weighted by atomic mass is 32.1. The van der Waals surface area contributed by atoms with Gasteiger partial charge in [-0.1, -0.05) is 11.3 Å². The maximum atomic E-state index is 13.4. The Kier molecular flexibility index (Phi) is 5.82. The molecule has 10 heteroatoms. The van der Waals surface area contributed by atoms with Gasteiger partial charge < -0.3 is 19.3 Å². The predicted octanol–water partition coefficient (Wildman–Crippen LogP) is 3.91. The van der Waals surface area contributed by atoms with Gasteiger partial charge in [0, 0.05) is 37.8 Å². The third-order valence-electron chi connectivity index (χ3n) is 5.88. The zero-order chi connectivity index (χ0) is 23.8. The first-order valence-corrected chi connectivity index (χ1v) is 11.7. The highest BCUT2D eigenvalue weighted by Gasteiger charge is 2.26. The molecule has 2 aromatic carbocycles. The van der Waals surface area contributed by atoms with Gasteiger partial charge in [0.05, 0.1) is 30.3 Å². The zero-order valence-corrected chi connectivity index (χ0v) is 19.9. The number of rotatable bonds is 5. The Morgan fingerprint density at radius 1 is 1.00 bits per heavy atom. The molecule has 0 atom stereocenters. The fourth-order valence-electron chi connectivity index (χ4n) is 4.03. The van der Waals surface area contributed by atoms with Crippen molar-refractivity contribution in [3.05, 3.63) is 59.5 Å². The Balaban J connectivity index is 1.33. The number of nitrogens with zero attached hydrogens (tertiary/aromatic N) is 5. The molecule has 2 aromatic heterocycles. The summed E-state index contributed by atoms with van der Waals surface area (Å²) in [6.07, 6.45) is 0. The molecule has 1 saturated heterocycles. The summed E-state index contributed by atoms with van der Waals surface area (Å²) in [5.74, 6) is 0.828. The second-order valence-electron chi connectivity index (χ2n) is 8.00. The van der Waals surface area contributed by atoms with Crippen LogP contribution in [0, 0.1) is 12.7 Å². The lowest BCUT2D eigenvalue weighted by atomic mass is 10.1. The van der Waals surface area contributed by atoms with Crippen LogP contribution < -0.4 is 14.4 Å². The number of thiazole rings is 1. The van der Waals surface area contributed by atoms with E-state index in [0.29, 0.717) is 43.2 Å². The molecule has 0 radical (unpaired) electrons. The van der Waals surface area contributed by atoms with Crippen molar-refractivity contribution >= 4 is 32.7 Å². The molecule has 5 rings (SSSR count). The number of hydrogen-bond acceptors (Lipinski definition) is 7. The van der Waals surface area contributed by atoms with E-state index in [2.05, 4.69) is 10.00 Å². The van der Waals surface area contributed by atoms with Crippen LogP contribution in [0.1, 0.15) is 16.1 Å². The first kappa shape index (κ1) is 22.1. The van der Waals surface area contributed by atoms with Crippen LogP contribution in [0.2, 0.25) is 0 Å². The van der Waals surface area contributed by atoms with Gasteiger partial charge in [0.2, 0.25) is 0 Å². The maximum Gasteiger partial charge on any atom is 0.254 e. The van der Waals surface area contributed by atoms with Crippen molar-refractivity contribution in [1.82, 2.24) is 19.7 Å². The molecular weight excluding hydrogens is 457 g/mol. The lowest BCUT2D eigenvalue weighted by Gasteiger charge is -2.34. The lowest BCUT2D eigenvalue weighted by Crippen LogP contribution is -2.48. The summed E-state index contributed by atoms with van der Waals surface area (Å²) in [6, 6.07) is 11.4. The van der Waals surface area contributed by atoms with Gasteiger partial charge in [-0.3, -0.25) is 4.79 Å². The number of anilines is 1. The van der Waals surface area contributed by atoms with Crippen LogP contribution in [-0.4, -0.2) is 66.0 Å². The van der Waals surface area contributed by atoms with Crippen LogP contribution in [0.5, 0.6) is 11.5 Å². The minimum Gasteiger partial charge on any atom is -0.497 e. The Bertz CT molecular complexity index is 1320. The number of carbonyl (C=O) groups excluding carboxylic acids is 1. The third kappa shape index (κ3) is 4.05. The summed E-state index contributed by atoms with van der Waals surface area (Å²) in [6.45, 7) is 4.45. The number of halogens is 1. The quantitative estimate of drug-likeness (QED) is 0.430. The van der Waals surface area contributed by atoms with E-state index >= 15 is 0 Å². The average Bonchev–Trinajstić information content (AvgIpc) is 3.44. The van der Waals surface area contributed by atoms with Crippen molar-refractivity contribution < 1.29 is 18.7 Å². The first-order valence-electron chi connectivity index (χ1n) is 10.9. The highest BCUT2D eigenvalue weighted by molar-refractivity contribution is 7.22. The van der Waals surface area contributed by atoms with Crippen molar-refractivity contribution in [3.63, 3.8) is 0 Å². The summed E-state index contributed by atoms with van der Waals surface area (Å²) < 4.78 is 26.7. The van der Waals surface area contributed by atoms with E-state index in [-0.39, 0.29) is 11.7 Å². The molecule has 0 spiro atoms. The van der Waals surface area contributed by atoms with Crippen LogP contribution >= 0.6 is 11.3 Å². The monoisotopic (exact) mass is 481 g/mol. The number of amides is 1.